The van der Waals surface area contributed by atoms with Gasteiger partial charge in [-0.25, -0.2) is 4.98 Å². The maximum atomic E-state index is 12.1. The zero-order valence-electron chi connectivity index (χ0n) is 11.0. The molecule has 0 aromatic carbocycles. The summed E-state index contributed by atoms with van der Waals surface area (Å²) in [6.07, 6.45) is 4.51. The predicted octanol–water partition coefficient (Wildman–Crippen LogP) is 2.06. The molecule has 2 rings (SSSR count). The van der Waals surface area contributed by atoms with Crippen molar-refractivity contribution < 1.29 is 4.79 Å². The molecular formula is C13H19N3OS. The van der Waals surface area contributed by atoms with Crippen LogP contribution in [0.5, 0.6) is 0 Å². The van der Waals surface area contributed by atoms with Crippen LogP contribution in [0.4, 0.5) is 5.82 Å². The normalized spacial score (nSPS) is 16.2. The summed E-state index contributed by atoms with van der Waals surface area (Å²) < 4.78 is 0.295. The van der Waals surface area contributed by atoms with Crippen LogP contribution in [0.25, 0.3) is 0 Å². The van der Waals surface area contributed by atoms with Crippen molar-refractivity contribution in [2.45, 2.75) is 24.5 Å². The molecule has 1 heterocycles. The van der Waals surface area contributed by atoms with Gasteiger partial charge in [0.25, 0.3) is 5.91 Å². The highest BCUT2D eigenvalue weighted by Gasteiger charge is 2.41. The number of carbonyl (C=O) groups excluding carboxylic acids is 1. The van der Waals surface area contributed by atoms with E-state index in [-0.39, 0.29) is 5.91 Å². The number of pyridine rings is 1. The topological polar surface area (TPSA) is 54.0 Å². The molecule has 1 aromatic heterocycles. The second kappa shape index (κ2) is 5.18. The van der Waals surface area contributed by atoms with Crippen LogP contribution in [0.3, 0.4) is 0 Å². The van der Waals surface area contributed by atoms with Gasteiger partial charge in [0.1, 0.15) is 5.82 Å². The van der Waals surface area contributed by atoms with Crippen molar-refractivity contribution in [1.82, 2.24) is 10.3 Å². The Kier molecular flexibility index (Phi) is 3.80. The van der Waals surface area contributed by atoms with E-state index < -0.39 is 0 Å². The van der Waals surface area contributed by atoms with Gasteiger partial charge in [0, 0.05) is 29.6 Å². The minimum absolute atomic E-state index is 0.0164. The highest BCUT2D eigenvalue weighted by molar-refractivity contribution is 8.00. The number of carbonyl (C=O) groups is 1. The molecule has 1 fully saturated rings. The summed E-state index contributed by atoms with van der Waals surface area (Å²) in [7, 11) is 1.80. The lowest BCUT2D eigenvalue weighted by molar-refractivity contribution is 0.0953. The lowest BCUT2D eigenvalue weighted by atomic mass is 10.2. The molecule has 4 nitrogen and oxygen atoms in total. The van der Waals surface area contributed by atoms with Crippen molar-refractivity contribution in [1.29, 1.82) is 0 Å². The van der Waals surface area contributed by atoms with Crippen molar-refractivity contribution in [3.05, 3.63) is 23.4 Å². The number of aromatic nitrogens is 1. The molecule has 18 heavy (non-hydrogen) atoms. The van der Waals surface area contributed by atoms with Crippen LogP contribution in [-0.2, 0) is 0 Å². The van der Waals surface area contributed by atoms with Crippen molar-refractivity contribution in [2.75, 3.05) is 25.2 Å². The Balaban J connectivity index is 2.02. The molecular weight excluding hydrogens is 246 g/mol. The molecule has 1 aliphatic rings. The minimum Gasteiger partial charge on any atom is -0.373 e. The van der Waals surface area contributed by atoms with Crippen LogP contribution in [0, 0.1) is 6.92 Å². The molecule has 0 unspecified atom stereocenters. The third-order valence-corrected chi connectivity index (χ3v) is 4.70. The maximum Gasteiger partial charge on any atom is 0.251 e. The van der Waals surface area contributed by atoms with E-state index in [2.05, 4.69) is 21.9 Å². The lowest BCUT2D eigenvalue weighted by Gasteiger charge is -2.13. The summed E-state index contributed by atoms with van der Waals surface area (Å²) >= 11 is 1.85. The number of thioether (sulfide) groups is 1. The molecule has 2 N–H and O–H groups in total. The third kappa shape index (κ3) is 2.96. The molecule has 5 heteroatoms. The van der Waals surface area contributed by atoms with Gasteiger partial charge in [-0.1, -0.05) is 0 Å². The van der Waals surface area contributed by atoms with Gasteiger partial charge in [-0.2, -0.15) is 11.8 Å². The SMILES string of the molecule is CNc1cc(C(=O)NCC2(SC)CC2)cc(C)n1. The quantitative estimate of drug-likeness (QED) is 0.855. The molecule has 98 valence electrons. The zero-order chi connectivity index (χ0) is 13.2. The molecule has 1 saturated carbocycles. The van der Waals surface area contributed by atoms with E-state index in [0.717, 1.165) is 18.1 Å². The number of nitrogens with zero attached hydrogens (tertiary/aromatic N) is 1. The van der Waals surface area contributed by atoms with Gasteiger partial charge in [-0.15, -0.1) is 0 Å². The van der Waals surface area contributed by atoms with Crippen molar-refractivity contribution >= 4 is 23.5 Å². The van der Waals surface area contributed by atoms with Gasteiger partial charge in [-0.05, 0) is 38.2 Å². The maximum absolute atomic E-state index is 12.1. The first kappa shape index (κ1) is 13.2. The van der Waals surface area contributed by atoms with E-state index in [1.807, 2.05) is 24.8 Å². The first-order valence-electron chi connectivity index (χ1n) is 6.08. The Hall–Kier alpha value is -1.23. The summed E-state index contributed by atoms with van der Waals surface area (Å²) in [5.74, 6) is 0.712. The smallest absolute Gasteiger partial charge is 0.251 e. The number of hydrogen-bond acceptors (Lipinski definition) is 4. The number of aryl methyl sites for hydroxylation is 1. The van der Waals surface area contributed by atoms with Crippen LogP contribution in [0.2, 0.25) is 0 Å². The lowest BCUT2D eigenvalue weighted by Crippen LogP contribution is -2.31. The van der Waals surface area contributed by atoms with Gasteiger partial charge in [-0.3, -0.25) is 4.79 Å². The Morgan fingerprint density at radius 2 is 2.22 bits per heavy atom. The number of anilines is 1. The fourth-order valence-corrected chi connectivity index (χ4v) is 2.59. The molecule has 0 saturated heterocycles. The molecule has 1 aliphatic carbocycles. The van der Waals surface area contributed by atoms with Gasteiger partial charge in [0.05, 0.1) is 0 Å². The Labute approximate surface area is 112 Å². The summed E-state index contributed by atoms with van der Waals surface area (Å²) in [6.45, 7) is 2.64. The largest absolute Gasteiger partial charge is 0.373 e. The molecule has 0 atom stereocenters. The molecule has 0 aliphatic heterocycles. The van der Waals surface area contributed by atoms with E-state index in [1.165, 1.54) is 12.8 Å². The van der Waals surface area contributed by atoms with Crippen LogP contribution in [-0.4, -0.2) is 35.5 Å². The van der Waals surface area contributed by atoms with E-state index in [0.29, 0.717) is 10.3 Å². The first-order valence-corrected chi connectivity index (χ1v) is 7.31. The van der Waals surface area contributed by atoms with Crippen LogP contribution in [0.15, 0.2) is 12.1 Å². The van der Waals surface area contributed by atoms with Gasteiger partial charge in [0.15, 0.2) is 0 Å². The molecule has 0 radical (unpaired) electrons. The Morgan fingerprint density at radius 1 is 1.50 bits per heavy atom. The molecule has 1 aromatic rings. The fraction of sp³-hybridized carbons (Fsp3) is 0.538. The molecule has 0 spiro atoms. The summed E-state index contributed by atoms with van der Waals surface area (Å²) in [6, 6.07) is 3.59. The van der Waals surface area contributed by atoms with Gasteiger partial charge >= 0.3 is 0 Å². The average molecular weight is 265 g/mol. The first-order chi connectivity index (χ1) is 8.58. The zero-order valence-corrected chi connectivity index (χ0v) is 11.9. The summed E-state index contributed by atoms with van der Waals surface area (Å²) in [4.78, 5) is 16.4. The summed E-state index contributed by atoms with van der Waals surface area (Å²) in [5.41, 5.74) is 1.52. The van der Waals surface area contributed by atoms with Crippen molar-refractivity contribution in [3.8, 4) is 0 Å². The van der Waals surface area contributed by atoms with E-state index in [4.69, 9.17) is 0 Å². The number of hydrogen-bond donors (Lipinski definition) is 2. The second-order valence-corrected chi connectivity index (χ2v) is 5.98. The van der Waals surface area contributed by atoms with Gasteiger partial charge < -0.3 is 10.6 Å². The Bertz CT molecular complexity index is 458. The fourth-order valence-electron chi connectivity index (χ4n) is 1.86. The van der Waals surface area contributed by atoms with Crippen LogP contribution in [0.1, 0.15) is 28.9 Å². The number of nitrogens with one attached hydrogen (secondary N) is 2. The Morgan fingerprint density at radius 3 is 2.78 bits per heavy atom. The highest BCUT2D eigenvalue weighted by Crippen LogP contribution is 2.46. The van der Waals surface area contributed by atoms with Crippen molar-refractivity contribution in [2.24, 2.45) is 0 Å². The van der Waals surface area contributed by atoms with E-state index in [9.17, 15) is 4.79 Å². The predicted molar refractivity (Wildman–Crippen MR) is 76.3 cm³/mol. The molecule has 0 bridgehead atoms. The number of rotatable bonds is 5. The highest BCUT2D eigenvalue weighted by atomic mass is 32.2. The van der Waals surface area contributed by atoms with Crippen LogP contribution < -0.4 is 10.6 Å². The summed E-state index contributed by atoms with van der Waals surface area (Å²) in [5, 5.41) is 5.98. The van der Waals surface area contributed by atoms with Crippen LogP contribution >= 0.6 is 11.8 Å². The number of amides is 1. The second-order valence-electron chi connectivity index (χ2n) is 4.70. The third-order valence-electron chi connectivity index (χ3n) is 3.28. The average Bonchev–Trinajstić information content (AvgIpc) is 3.16. The van der Waals surface area contributed by atoms with E-state index >= 15 is 0 Å². The van der Waals surface area contributed by atoms with Crippen molar-refractivity contribution in [3.63, 3.8) is 0 Å². The molecule has 1 amide bonds. The van der Waals surface area contributed by atoms with Gasteiger partial charge in [0.2, 0.25) is 0 Å². The van der Waals surface area contributed by atoms with E-state index in [1.54, 1.807) is 13.1 Å². The monoisotopic (exact) mass is 265 g/mol. The minimum atomic E-state index is -0.0164. The standard InChI is InChI=1S/C13H19N3OS/c1-9-6-10(7-11(14-2)16-9)12(17)15-8-13(18-3)4-5-13/h6-7H,4-5,8H2,1-3H3,(H,14,16)(H,15,17).